The van der Waals surface area contributed by atoms with Gasteiger partial charge in [-0.05, 0) is 33.4 Å². The number of esters is 1. The fourth-order valence-electron chi connectivity index (χ4n) is 5.67. The highest BCUT2D eigenvalue weighted by molar-refractivity contribution is 5.78. The maximum Gasteiger partial charge on any atom is 0.313 e. The number of carbonyl (C=O) groups is 1. The van der Waals surface area contributed by atoms with Crippen LogP contribution in [0, 0.1) is 5.92 Å². The topological polar surface area (TPSA) is 68.2 Å². The van der Waals surface area contributed by atoms with E-state index in [2.05, 4.69) is 48.5 Å². The molecule has 2 aliphatic rings. The second-order valence-electron chi connectivity index (χ2n) is 10.4. The number of fused-ring (bicyclic) bond motifs is 3. The standard InChI is InChI=1S/C34H33NO5/c36-33-30(34(37)39-22-25-13-5-2-6-14-25)19-35(20-32(33)38-21-24-11-3-1-4-12-24)40-23-31-28-17-9-7-15-26(28)27-16-8-10-18-29(27)31/h1-18,30-33,36H,19-23H2/t30-,32+,33+/m0/s1. The van der Waals surface area contributed by atoms with E-state index in [9.17, 15) is 9.90 Å². The van der Waals surface area contributed by atoms with Gasteiger partial charge in [-0.2, -0.15) is 5.06 Å². The zero-order valence-corrected chi connectivity index (χ0v) is 22.3. The molecule has 1 aliphatic heterocycles. The Morgan fingerprint density at radius 1 is 0.725 bits per heavy atom. The predicted molar refractivity (Wildman–Crippen MR) is 152 cm³/mol. The maximum absolute atomic E-state index is 13.2. The Kier molecular flexibility index (Phi) is 8.02. The lowest BCUT2D eigenvalue weighted by atomic mass is 9.93. The fraction of sp³-hybridized carbons (Fsp3) is 0.265. The normalized spacial score (nSPS) is 20.6. The highest BCUT2D eigenvalue weighted by Gasteiger charge is 2.42. The van der Waals surface area contributed by atoms with Crippen LogP contribution in [0.25, 0.3) is 11.1 Å². The van der Waals surface area contributed by atoms with Crippen molar-refractivity contribution in [2.75, 3.05) is 19.7 Å². The molecule has 40 heavy (non-hydrogen) atoms. The molecule has 204 valence electrons. The van der Waals surface area contributed by atoms with Gasteiger partial charge in [0, 0.05) is 12.5 Å². The monoisotopic (exact) mass is 535 g/mol. The third-order valence-corrected chi connectivity index (χ3v) is 7.80. The second kappa shape index (κ2) is 12.1. The van der Waals surface area contributed by atoms with Crippen LogP contribution in [-0.4, -0.2) is 48.0 Å². The molecule has 6 heteroatoms. The quantitative estimate of drug-likeness (QED) is 0.292. The van der Waals surface area contributed by atoms with Crippen molar-refractivity contribution in [1.82, 2.24) is 5.06 Å². The van der Waals surface area contributed by atoms with E-state index >= 15 is 0 Å². The van der Waals surface area contributed by atoms with Crippen LogP contribution in [0.3, 0.4) is 0 Å². The highest BCUT2D eigenvalue weighted by Crippen LogP contribution is 2.44. The van der Waals surface area contributed by atoms with Crippen LogP contribution < -0.4 is 0 Å². The SMILES string of the molecule is O=C(OCc1ccccc1)[C@H]1CN(OCC2c3ccccc3-c3ccccc32)C[C@@H](OCc2ccccc2)[C@@H]1O. The minimum absolute atomic E-state index is 0.0754. The summed E-state index contributed by atoms with van der Waals surface area (Å²) in [5.41, 5.74) is 6.81. The van der Waals surface area contributed by atoms with Crippen LogP contribution in [0.5, 0.6) is 0 Å². The molecule has 0 radical (unpaired) electrons. The average molecular weight is 536 g/mol. The third-order valence-electron chi connectivity index (χ3n) is 7.80. The van der Waals surface area contributed by atoms with Gasteiger partial charge in [-0.15, -0.1) is 0 Å². The van der Waals surface area contributed by atoms with Crippen molar-refractivity contribution < 1.29 is 24.2 Å². The lowest BCUT2D eigenvalue weighted by Gasteiger charge is -2.39. The van der Waals surface area contributed by atoms with E-state index in [0.717, 1.165) is 11.1 Å². The maximum atomic E-state index is 13.2. The molecule has 4 aromatic rings. The minimum Gasteiger partial charge on any atom is -0.460 e. The van der Waals surface area contributed by atoms with Crippen molar-refractivity contribution in [2.45, 2.75) is 31.3 Å². The molecule has 1 aliphatic carbocycles. The third kappa shape index (κ3) is 5.71. The Morgan fingerprint density at radius 2 is 1.27 bits per heavy atom. The van der Waals surface area contributed by atoms with Crippen LogP contribution in [-0.2, 0) is 32.3 Å². The van der Waals surface area contributed by atoms with Crippen molar-refractivity contribution in [1.29, 1.82) is 0 Å². The molecular weight excluding hydrogens is 502 g/mol. The molecule has 1 fully saturated rings. The number of nitrogens with zero attached hydrogens (tertiary/aromatic N) is 1. The van der Waals surface area contributed by atoms with Gasteiger partial charge in [0.05, 0.1) is 32.0 Å². The van der Waals surface area contributed by atoms with Crippen molar-refractivity contribution in [3.63, 3.8) is 0 Å². The summed E-state index contributed by atoms with van der Waals surface area (Å²) in [4.78, 5) is 19.6. The lowest BCUT2D eigenvalue weighted by Crippen LogP contribution is -2.56. The number of aliphatic hydroxyl groups excluding tert-OH is 1. The van der Waals surface area contributed by atoms with E-state index in [0.29, 0.717) is 19.8 Å². The zero-order chi connectivity index (χ0) is 27.3. The van der Waals surface area contributed by atoms with E-state index in [1.54, 1.807) is 5.06 Å². The van der Waals surface area contributed by atoms with Gasteiger partial charge < -0.3 is 14.6 Å². The Bertz CT molecular complexity index is 1380. The van der Waals surface area contributed by atoms with Crippen LogP contribution in [0.2, 0.25) is 0 Å². The Hall–Kier alpha value is -3.81. The molecule has 0 saturated carbocycles. The summed E-state index contributed by atoms with van der Waals surface area (Å²) in [6, 6.07) is 36.2. The summed E-state index contributed by atoms with van der Waals surface area (Å²) in [5, 5.41) is 13.0. The smallest absolute Gasteiger partial charge is 0.313 e. The number of benzene rings is 4. The van der Waals surface area contributed by atoms with Crippen molar-refractivity contribution in [2.24, 2.45) is 5.92 Å². The number of rotatable bonds is 9. The highest BCUT2D eigenvalue weighted by atomic mass is 16.7. The number of hydrogen-bond acceptors (Lipinski definition) is 6. The van der Waals surface area contributed by atoms with Gasteiger partial charge in [0.25, 0.3) is 0 Å². The van der Waals surface area contributed by atoms with Crippen LogP contribution >= 0.6 is 0 Å². The molecule has 0 aromatic heterocycles. The largest absolute Gasteiger partial charge is 0.460 e. The summed E-state index contributed by atoms with van der Waals surface area (Å²) >= 11 is 0. The van der Waals surface area contributed by atoms with Gasteiger partial charge in [0.1, 0.15) is 12.5 Å². The zero-order valence-electron chi connectivity index (χ0n) is 22.3. The molecule has 6 nitrogen and oxygen atoms in total. The van der Waals surface area contributed by atoms with Gasteiger partial charge >= 0.3 is 5.97 Å². The van der Waals surface area contributed by atoms with E-state index in [4.69, 9.17) is 14.3 Å². The molecule has 1 N–H and O–H groups in total. The van der Waals surface area contributed by atoms with E-state index in [-0.39, 0.29) is 19.1 Å². The summed E-state index contributed by atoms with van der Waals surface area (Å²) in [6.45, 7) is 1.45. The number of hydroxylamine groups is 2. The van der Waals surface area contributed by atoms with Crippen LogP contribution in [0.1, 0.15) is 28.2 Å². The first-order valence-electron chi connectivity index (χ1n) is 13.8. The molecule has 0 unspecified atom stereocenters. The first-order valence-corrected chi connectivity index (χ1v) is 13.8. The van der Waals surface area contributed by atoms with Crippen LogP contribution in [0.15, 0.2) is 109 Å². The van der Waals surface area contributed by atoms with E-state index < -0.39 is 24.1 Å². The molecule has 1 saturated heterocycles. The molecule has 0 bridgehead atoms. The number of aliphatic hydroxyl groups is 1. The van der Waals surface area contributed by atoms with Gasteiger partial charge in [-0.1, -0.05) is 109 Å². The number of carbonyl (C=O) groups excluding carboxylic acids is 1. The van der Waals surface area contributed by atoms with Crippen molar-refractivity contribution >= 4 is 5.97 Å². The lowest BCUT2D eigenvalue weighted by molar-refractivity contribution is -0.235. The number of ether oxygens (including phenoxy) is 2. The minimum atomic E-state index is -1.01. The predicted octanol–water partition coefficient (Wildman–Crippen LogP) is 5.35. The molecular formula is C34H33NO5. The van der Waals surface area contributed by atoms with E-state index in [1.807, 2.05) is 60.7 Å². The van der Waals surface area contributed by atoms with Gasteiger partial charge in [0.15, 0.2) is 0 Å². The number of piperidine rings is 1. The van der Waals surface area contributed by atoms with Gasteiger partial charge in [-0.3, -0.25) is 9.63 Å². The Balaban J connectivity index is 1.17. The number of hydrogen-bond donors (Lipinski definition) is 1. The molecule has 4 aromatic carbocycles. The van der Waals surface area contributed by atoms with Crippen molar-refractivity contribution in [3.05, 3.63) is 131 Å². The summed E-state index contributed by atoms with van der Waals surface area (Å²) < 4.78 is 11.8. The van der Waals surface area contributed by atoms with Gasteiger partial charge in [-0.25, -0.2) is 0 Å². The molecule has 3 atom stereocenters. The van der Waals surface area contributed by atoms with Crippen LogP contribution in [0.4, 0.5) is 0 Å². The first kappa shape index (κ1) is 26.4. The fourth-order valence-corrected chi connectivity index (χ4v) is 5.67. The molecule has 1 heterocycles. The van der Waals surface area contributed by atoms with Gasteiger partial charge in [0.2, 0.25) is 0 Å². The van der Waals surface area contributed by atoms with Crippen molar-refractivity contribution in [3.8, 4) is 11.1 Å². The summed E-state index contributed by atoms with van der Waals surface area (Å²) in [5.74, 6) is -1.19. The molecule has 6 rings (SSSR count). The first-order chi connectivity index (χ1) is 19.7. The summed E-state index contributed by atoms with van der Waals surface area (Å²) in [7, 11) is 0. The van der Waals surface area contributed by atoms with E-state index in [1.165, 1.54) is 22.3 Å². The molecule has 0 spiro atoms. The molecule has 0 amide bonds. The Morgan fingerprint density at radius 3 is 1.90 bits per heavy atom. The Labute approximate surface area is 234 Å². The second-order valence-corrected chi connectivity index (χ2v) is 10.4. The average Bonchev–Trinajstić information content (AvgIpc) is 3.33. The summed E-state index contributed by atoms with van der Waals surface area (Å²) in [6.07, 6.45) is -1.63.